The maximum Gasteiger partial charge on any atom is 0.340 e. The van der Waals surface area contributed by atoms with E-state index < -0.39 is 5.97 Å². The largest absolute Gasteiger partial charge is 0.489 e. The Balaban J connectivity index is 1.61. The Morgan fingerprint density at radius 2 is 1.82 bits per heavy atom. The SMILES string of the molecule is COC(=O)C1=C(C)N(Cc2cccnc2)C(=O)/C1=C\c1cccc(OCc2ccccc2)c1. The van der Waals surface area contributed by atoms with Crippen LogP contribution in [-0.4, -0.2) is 28.9 Å². The van der Waals surface area contributed by atoms with Gasteiger partial charge in [-0.3, -0.25) is 9.78 Å². The van der Waals surface area contributed by atoms with Crippen molar-refractivity contribution in [2.75, 3.05) is 7.11 Å². The Hall–Kier alpha value is -4.19. The average Bonchev–Trinajstić information content (AvgIpc) is 3.08. The molecular weight excluding hydrogens is 416 g/mol. The molecule has 0 spiro atoms. The van der Waals surface area contributed by atoms with Crippen molar-refractivity contribution in [1.82, 2.24) is 9.88 Å². The Labute approximate surface area is 192 Å². The highest BCUT2D eigenvalue weighted by atomic mass is 16.5. The fraction of sp³-hybridized carbons (Fsp3) is 0.148. The number of esters is 1. The van der Waals surface area contributed by atoms with Crippen LogP contribution in [0.1, 0.15) is 23.6 Å². The summed E-state index contributed by atoms with van der Waals surface area (Å²) in [6, 6.07) is 21.0. The number of carbonyl (C=O) groups excluding carboxylic acids is 2. The van der Waals surface area contributed by atoms with Crippen LogP contribution in [0.4, 0.5) is 0 Å². The van der Waals surface area contributed by atoms with E-state index in [0.29, 0.717) is 30.2 Å². The van der Waals surface area contributed by atoms with E-state index in [1.54, 1.807) is 30.3 Å². The molecule has 1 amide bonds. The van der Waals surface area contributed by atoms with Crippen molar-refractivity contribution in [3.05, 3.63) is 113 Å². The second-order valence-corrected chi connectivity index (χ2v) is 7.61. The molecule has 1 aliphatic heterocycles. The normalized spacial score (nSPS) is 14.7. The molecule has 2 heterocycles. The third-order valence-electron chi connectivity index (χ3n) is 5.38. The predicted molar refractivity (Wildman–Crippen MR) is 125 cm³/mol. The second kappa shape index (κ2) is 9.96. The van der Waals surface area contributed by atoms with Gasteiger partial charge in [0.15, 0.2) is 0 Å². The number of hydrogen-bond donors (Lipinski definition) is 0. The third-order valence-corrected chi connectivity index (χ3v) is 5.38. The lowest BCUT2D eigenvalue weighted by atomic mass is 10.0. The molecule has 0 aliphatic carbocycles. The lowest BCUT2D eigenvalue weighted by molar-refractivity contribution is -0.136. The monoisotopic (exact) mass is 440 g/mol. The maximum atomic E-state index is 13.3. The summed E-state index contributed by atoms with van der Waals surface area (Å²) >= 11 is 0. The van der Waals surface area contributed by atoms with Crippen molar-refractivity contribution in [2.45, 2.75) is 20.1 Å². The molecule has 6 nitrogen and oxygen atoms in total. The molecule has 1 aromatic heterocycles. The molecule has 33 heavy (non-hydrogen) atoms. The molecular formula is C27H24N2O4. The van der Waals surface area contributed by atoms with Crippen LogP contribution in [0.15, 0.2) is 96.0 Å². The van der Waals surface area contributed by atoms with Crippen molar-refractivity contribution < 1.29 is 19.1 Å². The average molecular weight is 440 g/mol. The molecule has 2 aromatic carbocycles. The van der Waals surface area contributed by atoms with Crippen LogP contribution in [-0.2, 0) is 27.5 Å². The van der Waals surface area contributed by atoms with Gasteiger partial charge in [0.05, 0.1) is 24.8 Å². The maximum absolute atomic E-state index is 13.3. The minimum atomic E-state index is -0.544. The van der Waals surface area contributed by atoms with Gasteiger partial charge < -0.3 is 14.4 Å². The van der Waals surface area contributed by atoms with Gasteiger partial charge in [0.2, 0.25) is 0 Å². The van der Waals surface area contributed by atoms with Gasteiger partial charge in [-0.25, -0.2) is 4.79 Å². The van der Waals surface area contributed by atoms with E-state index in [4.69, 9.17) is 9.47 Å². The number of pyridine rings is 1. The van der Waals surface area contributed by atoms with Crippen LogP contribution < -0.4 is 4.74 Å². The highest BCUT2D eigenvalue weighted by Crippen LogP contribution is 2.33. The van der Waals surface area contributed by atoms with Gasteiger partial charge in [0.25, 0.3) is 5.91 Å². The topological polar surface area (TPSA) is 68.7 Å². The van der Waals surface area contributed by atoms with Gasteiger partial charge in [-0.15, -0.1) is 0 Å². The van der Waals surface area contributed by atoms with Gasteiger partial charge in [-0.2, -0.15) is 0 Å². The van der Waals surface area contributed by atoms with E-state index in [0.717, 1.165) is 16.7 Å². The van der Waals surface area contributed by atoms with Crippen molar-refractivity contribution in [3.8, 4) is 5.75 Å². The summed E-state index contributed by atoms with van der Waals surface area (Å²) in [6.07, 6.45) is 5.08. The number of carbonyl (C=O) groups is 2. The Kier molecular flexibility index (Phi) is 6.64. The van der Waals surface area contributed by atoms with Gasteiger partial charge in [0, 0.05) is 18.1 Å². The predicted octanol–water partition coefficient (Wildman–Crippen LogP) is 4.53. The Morgan fingerprint density at radius 3 is 2.55 bits per heavy atom. The first kappa shape index (κ1) is 22.0. The molecule has 0 bridgehead atoms. The van der Waals surface area contributed by atoms with Gasteiger partial charge in [-0.05, 0) is 47.9 Å². The zero-order valence-corrected chi connectivity index (χ0v) is 18.5. The zero-order valence-electron chi connectivity index (χ0n) is 18.5. The molecule has 0 saturated heterocycles. The number of amides is 1. The summed E-state index contributed by atoms with van der Waals surface area (Å²) in [6.45, 7) is 2.50. The number of hydrogen-bond acceptors (Lipinski definition) is 5. The third kappa shape index (κ3) is 5.01. The molecule has 166 valence electrons. The Morgan fingerprint density at radius 1 is 1.03 bits per heavy atom. The molecule has 0 atom stereocenters. The number of allylic oxidation sites excluding steroid dienone is 1. The lowest BCUT2D eigenvalue weighted by Crippen LogP contribution is -2.24. The number of nitrogens with zero attached hydrogens (tertiary/aromatic N) is 2. The van der Waals surface area contributed by atoms with Crippen molar-refractivity contribution in [3.63, 3.8) is 0 Å². The number of rotatable bonds is 7. The molecule has 0 radical (unpaired) electrons. The molecule has 3 aromatic rings. The summed E-state index contributed by atoms with van der Waals surface area (Å²) < 4.78 is 10.9. The minimum absolute atomic E-state index is 0.257. The lowest BCUT2D eigenvalue weighted by Gasteiger charge is -2.17. The van der Waals surface area contributed by atoms with Gasteiger partial charge in [-0.1, -0.05) is 48.5 Å². The fourth-order valence-corrected chi connectivity index (χ4v) is 3.69. The van der Waals surface area contributed by atoms with Crippen molar-refractivity contribution >= 4 is 18.0 Å². The molecule has 0 N–H and O–H groups in total. The van der Waals surface area contributed by atoms with Crippen LogP contribution in [0.25, 0.3) is 6.08 Å². The first-order chi connectivity index (χ1) is 16.1. The smallest absolute Gasteiger partial charge is 0.340 e. The van der Waals surface area contributed by atoms with Crippen LogP contribution in [0.2, 0.25) is 0 Å². The van der Waals surface area contributed by atoms with E-state index in [2.05, 4.69) is 4.98 Å². The van der Waals surface area contributed by atoms with E-state index in [9.17, 15) is 9.59 Å². The number of aromatic nitrogens is 1. The van der Waals surface area contributed by atoms with Crippen molar-refractivity contribution in [1.29, 1.82) is 0 Å². The quantitative estimate of drug-likeness (QED) is 0.399. The zero-order chi connectivity index (χ0) is 23.2. The minimum Gasteiger partial charge on any atom is -0.489 e. The van der Waals surface area contributed by atoms with Crippen LogP contribution in [0, 0.1) is 0 Å². The molecule has 1 aliphatic rings. The van der Waals surface area contributed by atoms with E-state index >= 15 is 0 Å². The second-order valence-electron chi connectivity index (χ2n) is 7.61. The summed E-state index contributed by atoms with van der Waals surface area (Å²) in [4.78, 5) is 31.5. The van der Waals surface area contributed by atoms with Crippen LogP contribution in [0.5, 0.6) is 5.75 Å². The van der Waals surface area contributed by atoms with Gasteiger partial charge >= 0.3 is 5.97 Å². The summed E-state index contributed by atoms with van der Waals surface area (Å²) in [7, 11) is 1.31. The first-order valence-electron chi connectivity index (χ1n) is 10.6. The first-order valence-corrected chi connectivity index (χ1v) is 10.6. The van der Waals surface area contributed by atoms with E-state index in [1.165, 1.54) is 7.11 Å². The summed E-state index contributed by atoms with van der Waals surface area (Å²) in [5.41, 5.74) is 3.79. The van der Waals surface area contributed by atoms with E-state index in [-0.39, 0.29) is 11.5 Å². The van der Waals surface area contributed by atoms with Crippen molar-refractivity contribution in [2.24, 2.45) is 0 Å². The summed E-state index contributed by atoms with van der Waals surface area (Å²) in [5.74, 6) is -0.129. The van der Waals surface area contributed by atoms with Crippen LogP contribution >= 0.6 is 0 Å². The highest BCUT2D eigenvalue weighted by Gasteiger charge is 2.37. The van der Waals surface area contributed by atoms with Crippen LogP contribution in [0.3, 0.4) is 0 Å². The Bertz CT molecular complexity index is 1220. The molecule has 4 rings (SSSR count). The fourth-order valence-electron chi connectivity index (χ4n) is 3.69. The summed E-state index contributed by atoms with van der Waals surface area (Å²) in [5, 5.41) is 0. The van der Waals surface area contributed by atoms with Gasteiger partial charge in [0.1, 0.15) is 12.4 Å². The number of ether oxygens (including phenoxy) is 2. The standard InChI is InChI=1S/C27H24N2O4/c1-19-25(27(31)32-2)24(26(30)29(19)17-22-11-7-13-28-16-22)15-21-10-6-12-23(14-21)33-18-20-8-4-3-5-9-20/h3-16H,17-18H2,1-2H3/b24-15-. The molecule has 0 fully saturated rings. The number of methoxy groups -OCH3 is 1. The molecule has 0 saturated carbocycles. The number of benzene rings is 2. The molecule has 0 unspecified atom stereocenters. The van der Waals surface area contributed by atoms with E-state index in [1.807, 2.05) is 66.7 Å². The molecule has 6 heteroatoms. The highest BCUT2D eigenvalue weighted by molar-refractivity contribution is 6.16.